The summed E-state index contributed by atoms with van der Waals surface area (Å²) in [5, 5.41) is 28.5. The van der Waals surface area contributed by atoms with Gasteiger partial charge in [0.25, 0.3) is 11.8 Å². The molecule has 0 saturated carbocycles. The Morgan fingerprint density at radius 2 is 0.857 bits per heavy atom. The number of nitrogens with one attached hydrogen (secondary N) is 4. The SMILES string of the molecule is CC(C)(C)OC(=O)Nc1ccc(C(=O)NC(C(=O)O)C(NC(=O)c2ccc(NC(=O)OC(C)(C)C)cc2)C(=O)O)cc1. The van der Waals surface area contributed by atoms with Crippen LogP contribution in [0.5, 0.6) is 0 Å². The molecule has 0 fully saturated rings. The van der Waals surface area contributed by atoms with Crippen molar-refractivity contribution in [3.63, 3.8) is 0 Å². The van der Waals surface area contributed by atoms with E-state index in [1.807, 2.05) is 0 Å². The molecule has 2 aromatic rings. The highest BCUT2D eigenvalue weighted by atomic mass is 16.6. The summed E-state index contributed by atoms with van der Waals surface area (Å²) in [4.78, 5) is 73.1. The lowest BCUT2D eigenvalue weighted by molar-refractivity contribution is -0.147. The standard InChI is InChI=1S/C28H34N4O10/c1-27(2,3)41-25(39)29-17-11-7-15(8-12-17)21(33)31-19(23(35)36)20(24(37)38)32-22(34)16-9-13-18(14-10-16)30-26(40)42-28(4,5)6/h7-14,19-20H,1-6H3,(H,29,39)(H,30,40)(H,31,33)(H,32,34)(H,35,36)(H,37,38). The van der Waals surface area contributed by atoms with Crippen molar-refractivity contribution in [3.8, 4) is 0 Å². The molecule has 0 radical (unpaired) electrons. The van der Waals surface area contributed by atoms with E-state index >= 15 is 0 Å². The van der Waals surface area contributed by atoms with E-state index in [0.717, 1.165) is 0 Å². The van der Waals surface area contributed by atoms with Crippen molar-refractivity contribution in [2.75, 3.05) is 10.6 Å². The lowest BCUT2D eigenvalue weighted by atomic mass is 10.1. The zero-order valence-electron chi connectivity index (χ0n) is 23.9. The van der Waals surface area contributed by atoms with Crippen molar-refractivity contribution in [1.82, 2.24) is 10.6 Å². The largest absolute Gasteiger partial charge is 0.480 e. The van der Waals surface area contributed by atoms with Crippen LogP contribution in [0.15, 0.2) is 48.5 Å². The van der Waals surface area contributed by atoms with Gasteiger partial charge in [0.05, 0.1) is 0 Å². The minimum Gasteiger partial charge on any atom is -0.480 e. The first kappa shape index (κ1) is 33.1. The average Bonchev–Trinajstić information content (AvgIpc) is 2.84. The minimum atomic E-state index is -2.05. The number of carbonyl (C=O) groups excluding carboxylic acids is 4. The second-order valence-corrected chi connectivity index (χ2v) is 11.0. The van der Waals surface area contributed by atoms with E-state index < -0.39 is 59.2 Å². The van der Waals surface area contributed by atoms with Gasteiger partial charge in [-0.15, -0.1) is 0 Å². The lowest BCUT2D eigenvalue weighted by Gasteiger charge is -2.23. The number of ether oxygens (including phenoxy) is 2. The maximum atomic E-state index is 12.7. The molecule has 14 nitrogen and oxygen atoms in total. The monoisotopic (exact) mass is 586 g/mol. The summed E-state index contributed by atoms with van der Waals surface area (Å²) in [6.07, 6.45) is -1.45. The third-order valence-corrected chi connectivity index (χ3v) is 5.02. The predicted molar refractivity (Wildman–Crippen MR) is 150 cm³/mol. The summed E-state index contributed by atoms with van der Waals surface area (Å²) in [5.74, 6) is -5.30. The van der Waals surface area contributed by atoms with E-state index in [1.54, 1.807) is 41.5 Å². The number of benzene rings is 2. The number of carboxylic acid groups (broad SMARTS) is 2. The van der Waals surface area contributed by atoms with E-state index in [1.165, 1.54) is 48.5 Å². The molecule has 14 heteroatoms. The molecule has 0 spiro atoms. The van der Waals surface area contributed by atoms with Gasteiger partial charge < -0.3 is 30.3 Å². The first-order chi connectivity index (χ1) is 19.3. The Morgan fingerprint density at radius 1 is 0.571 bits per heavy atom. The lowest BCUT2D eigenvalue weighted by Crippen LogP contribution is -2.59. The number of carboxylic acids is 2. The van der Waals surface area contributed by atoms with Crippen molar-refractivity contribution >= 4 is 47.3 Å². The Hall–Kier alpha value is -5.14. The van der Waals surface area contributed by atoms with Gasteiger partial charge in [0.1, 0.15) is 11.2 Å². The zero-order chi connectivity index (χ0) is 31.8. The van der Waals surface area contributed by atoms with Crippen molar-refractivity contribution in [3.05, 3.63) is 59.7 Å². The van der Waals surface area contributed by atoms with Gasteiger partial charge in [0.15, 0.2) is 12.1 Å². The molecule has 2 unspecified atom stereocenters. The molecule has 42 heavy (non-hydrogen) atoms. The van der Waals surface area contributed by atoms with Crippen LogP contribution in [0.3, 0.4) is 0 Å². The molecule has 226 valence electrons. The fourth-order valence-corrected chi connectivity index (χ4v) is 3.28. The maximum absolute atomic E-state index is 12.7. The molecule has 0 aliphatic carbocycles. The van der Waals surface area contributed by atoms with Crippen LogP contribution >= 0.6 is 0 Å². The average molecular weight is 587 g/mol. The van der Waals surface area contributed by atoms with Crippen molar-refractivity contribution < 1.29 is 48.5 Å². The molecule has 2 rings (SSSR count). The number of rotatable bonds is 9. The van der Waals surface area contributed by atoms with Crippen LogP contribution in [0.2, 0.25) is 0 Å². The van der Waals surface area contributed by atoms with Crippen LogP contribution in [0.4, 0.5) is 21.0 Å². The summed E-state index contributed by atoms with van der Waals surface area (Å²) in [7, 11) is 0. The number of hydrogen-bond acceptors (Lipinski definition) is 8. The first-order valence-corrected chi connectivity index (χ1v) is 12.6. The van der Waals surface area contributed by atoms with E-state index in [-0.39, 0.29) is 11.1 Å². The van der Waals surface area contributed by atoms with E-state index in [2.05, 4.69) is 21.3 Å². The molecular formula is C28H34N4O10. The number of anilines is 2. The van der Waals surface area contributed by atoms with Gasteiger partial charge in [-0.05, 0) is 90.1 Å². The third kappa shape index (κ3) is 10.8. The molecule has 0 aliphatic rings. The molecule has 6 N–H and O–H groups in total. The second kappa shape index (κ2) is 13.5. The minimum absolute atomic E-state index is 0.0421. The highest BCUT2D eigenvalue weighted by molar-refractivity contribution is 6.01. The molecule has 0 aromatic heterocycles. The molecule has 0 aliphatic heterocycles. The van der Waals surface area contributed by atoms with E-state index in [9.17, 15) is 39.0 Å². The summed E-state index contributed by atoms with van der Waals surface area (Å²) < 4.78 is 10.3. The Balaban J connectivity index is 2.10. The Morgan fingerprint density at radius 3 is 1.10 bits per heavy atom. The fourth-order valence-electron chi connectivity index (χ4n) is 3.28. The van der Waals surface area contributed by atoms with Crippen molar-refractivity contribution in [1.29, 1.82) is 0 Å². The number of hydrogen-bond donors (Lipinski definition) is 6. The normalized spacial score (nSPS) is 12.6. The third-order valence-electron chi connectivity index (χ3n) is 5.02. The fraction of sp³-hybridized carbons (Fsp3) is 0.357. The molecule has 0 saturated heterocycles. The van der Waals surface area contributed by atoms with Crippen molar-refractivity contribution in [2.45, 2.75) is 64.8 Å². The van der Waals surface area contributed by atoms with Crippen LogP contribution in [0, 0.1) is 0 Å². The molecule has 4 amide bonds. The molecule has 2 aromatic carbocycles. The molecule has 0 heterocycles. The summed E-state index contributed by atoms with van der Waals surface area (Å²) in [6, 6.07) is 6.49. The van der Waals surface area contributed by atoms with Gasteiger partial charge in [0.2, 0.25) is 0 Å². The Kier molecular flexibility index (Phi) is 10.6. The maximum Gasteiger partial charge on any atom is 0.412 e. The van der Waals surface area contributed by atoms with Gasteiger partial charge in [-0.3, -0.25) is 20.2 Å². The van der Waals surface area contributed by atoms with Crippen LogP contribution in [-0.4, -0.2) is 69.4 Å². The predicted octanol–water partition coefficient (Wildman–Crippen LogP) is 3.45. The van der Waals surface area contributed by atoms with Crippen LogP contribution in [0.25, 0.3) is 0 Å². The van der Waals surface area contributed by atoms with Gasteiger partial charge in [-0.1, -0.05) is 0 Å². The topological polar surface area (TPSA) is 209 Å². The summed E-state index contributed by atoms with van der Waals surface area (Å²) in [6.45, 7) is 10.1. The van der Waals surface area contributed by atoms with Gasteiger partial charge in [-0.25, -0.2) is 19.2 Å². The number of aliphatic carboxylic acids is 2. The highest BCUT2D eigenvalue weighted by Gasteiger charge is 2.37. The highest BCUT2D eigenvalue weighted by Crippen LogP contribution is 2.15. The first-order valence-electron chi connectivity index (χ1n) is 12.6. The number of carbonyl (C=O) groups is 6. The number of amides is 4. The van der Waals surface area contributed by atoms with E-state index in [4.69, 9.17) is 9.47 Å². The van der Waals surface area contributed by atoms with Crippen LogP contribution in [0.1, 0.15) is 62.3 Å². The van der Waals surface area contributed by atoms with Crippen LogP contribution < -0.4 is 21.3 Å². The summed E-state index contributed by atoms with van der Waals surface area (Å²) in [5.41, 5.74) is -0.959. The molecule has 2 atom stereocenters. The molecular weight excluding hydrogens is 552 g/mol. The van der Waals surface area contributed by atoms with Gasteiger partial charge in [-0.2, -0.15) is 0 Å². The summed E-state index contributed by atoms with van der Waals surface area (Å²) >= 11 is 0. The zero-order valence-corrected chi connectivity index (χ0v) is 23.9. The Labute approximate surface area is 241 Å². The van der Waals surface area contributed by atoms with E-state index in [0.29, 0.717) is 11.4 Å². The molecule has 0 bridgehead atoms. The van der Waals surface area contributed by atoms with Gasteiger partial charge >= 0.3 is 24.1 Å². The Bertz CT molecular complexity index is 1220. The second-order valence-electron chi connectivity index (χ2n) is 11.0. The van der Waals surface area contributed by atoms with Gasteiger partial charge in [0, 0.05) is 22.5 Å². The van der Waals surface area contributed by atoms with Crippen molar-refractivity contribution in [2.24, 2.45) is 0 Å². The quantitative estimate of drug-likeness (QED) is 0.252. The van der Waals surface area contributed by atoms with Crippen LogP contribution in [-0.2, 0) is 19.1 Å². The smallest absolute Gasteiger partial charge is 0.412 e.